The molecule has 3 aromatic rings. The van der Waals surface area contributed by atoms with Crippen LogP contribution >= 0.6 is 11.6 Å². The largest absolute Gasteiger partial charge is 0.497 e. The number of rotatable bonds is 5. The Hall–Kier alpha value is -3.12. The van der Waals surface area contributed by atoms with Gasteiger partial charge in [0.05, 0.1) is 12.7 Å². The molecule has 0 saturated heterocycles. The molecular weight excluding hydrogens is 352 g/mol. The molecule has 0 aliphatic carbocycles. The highest BCUT2D eigenvalue weighted by Crippen LogP contribution is 2.21. The van der Waals surface area contributed by atoms with Crippen LogP contribution in [0.15, 0.2) is 54.9 Å². The van der Waals surface area contributed by atoms with Gasteiger partial charge in [-0.25, -0.2) is 9.97 Å². The number of nitrogens with one attached hydrogen (secondary N) is 2. The smallest absolute Gasteiger partial charge is 0.258 e. The average Bonchev–Trinajstić information content (AvgIpc) is 2.65. The van der Waals surface area contributed by atoms with Gasteiger partial charge in [0.25, 0.3) is 5.91 Å². The van der Waals surface area contributed by atoms with E-state index in [9.17, 15) is 4.79 Å². The SMILES string of the molecule is COc1ccc(Nc2ncc(C(=O)Nc3ccc(Cl)cc3C)cn2)cc1. The van der Waals surface area contributed by atoms with E-state index >= 15 is 0 Å². The number of hydrogen-bond acceptors (Lipinski definition) is 5. The van der Waals surface area contributed by atoms with Gasteiger partial charge in [-0.2, -0.15) is 0 Å². The molecule has 26 heavy (non-hydrogen) atoms. The third-order valence-corrected chi connectivity index (χ3v) is 3.93. The van der Waals surface area contributed by atoms with Gasteiger partial charge >= 0.3 is 0 Å². The van der Waals surface area contributed by atoms with Crippen molar-refractivity contribution in [2.75, 3.05) is 17.7 Å². The number of amides is 1. The molecule has 2 N–H and O–H groups in total. The summed E-state index contributed by atoms with van der Waals surface area (Å²) in [6.45, 7) is 1.87. The van der Waals surface area contributed by atoms with E-state index in [1.807, 2.05) is 31.2 Å². The first-order valence-corrected chi connectivity index (χ1v) is 8.23. The summed E-state index contributed by atoms with van der Waals surface area (Å²) in [6.07, 6.45) is 2.94. The van der Waals surface area contributed by atoms with E-state index in [0.717, 1.165) is 17.0 Å². The Labute approximate surface area is 156 Å². The van der Waals surface area contributed by atoms with Crippen LogP contribution in [-0.2, 0) is 0 Å². The molecule has 0 aliphatic heterocycles. The molecule has 6 nitrogen and oxygen atoms in total. The van der Waals surface area contributed by atoms with Crippen LogP contribution in [0.1, 0.15) is 15.9 Å². The minimum atomic E-state index is -0.286. The Kier molecular flexibility index (Phi) is 5.34. The lowest BCUT2D eigenvalue weighted by Crippen LogP contribution is -2.13. The van der Waals surface area contributed by atoms with Crippen LogP contribution in [0.25, 0.3) is 0 Å². The standard InChI is InChI=1S/C19H17ClN4O2/c1-12-9-14(20)3-8-17(12)24-18(25)13-10-21-19(22-11-13)23-15-4-6-16(26-2)7-5-15/h3-11H,1-2H3,(H,24,25)(H,21,22,23). The topological polar surface area (TPSA) is 76.1 Å². The van der Waals surface area contributed by atoms with Gasteiger partial charge < -0.3 is 15.4 Å². The minimum absolute atomic E-state index is 0.286. The minimum Gasteiger partial charge on any atom is -0.497 e. The number of carbonyl (C=O) groups excluding carboxylic acids is 1. The fourth-order valence-electron chi connectivity index (χ4n) is 2.28. The van der Waals surface area contributed by atoms with Gasteiger partial charge in [-0.05, 0) is 55.0 Å². The van der Waals surface area contributed by atoms with Crippen molar-refractivity contribution in [1.82, 2.24) is 9.97 Å². The highest BCUT2D eigenvalue weighted by atomic mass is 35.5. The zero-order valence-electron chi connectivity index (χ0n) is 14.3. The number of hydrogen-bond donors (Lipinski definition) is 2. The van der Waals surface area contributed by atoms with E-state index in [1.165, 1.54) is 12.4 Å². The molecular formula is C19H17ClN4O2. The summed E-state index contributed by atoms with van der Waals surface area (Å²) in [7, 11) is 1.61. The number of anilines is 3. The Morgan fingerprint density at radius 3 is 2.38 bits per heavy atom. The quantitative estimate of drug-likeness (QED) is 0.696. The molecule has 7 heteroatoms. The monoisotopic (exact) mass is 368 g/mol. The summed E-state index contributed by atoms with van der Waals surface area (Å²) >= 11 is 5.92. The van der Waals surface area contributed by atoms with E-state index in [4.69, 9.17) is 16.3 Å². The zero-order valence-corrected chi connectivity index (χ0v) is 15.0. The number of halogens is 1. The van der Waals surface area contributed by atoms with Crippen molar-refractivity contribution in [3.05, 3.63) is 71.0 Å². The van der Waals surface area contributed by atoms with E-state index in [2.05, 4.69) is 20.6 Å². The first-order chi connectivity index (χ1) is 12.5. The molecule has 0 aliphatic rings. The van der Waals surface area contributed by atoms with Gasteiger partial charge in [0.2, 0.25) is 5.95 Å². The third kappa shape index (κ3) is 4.29. The molecule has 1 aromatic heterocycles. The Morgan fingerprint density at radius 1 is 1.08 bits per heavy atom. The number of benzene rings is 2. The van der Waals surface area contributed by atoms with Crippen LogP contribution in [0, 0.1) is 6.92 Å². The molecule has 0 spiro atoms. The van der Waals surface area contributed by atoms with E-state index in [-0.39, 0.29) is 5.91 Å². The van der Waals surface area contributed by atoms with Crippen LogP contribution in [0.2, 0.25) is 5.02 Å². The molecule has 0 fully saturated rings. The number of carbonyl (C=O) groups is 1. The second-order valence-electron chi connectivity index (χ2n) is 5.56. The predicted molar refractivity (Wildman–Crippen MR) is 102 cm³/mol. The summed E-state index contributed by atoms with van der Waals surface area (Å²) in [6, 6.07) is 12.6. The van der Waals surface area contributed by atoms with E-state index in [0.29, 0.717) is 22.2 Å². The first-order valence-electron chi connectivity index (χ1n) is 7.86. The highest BCUT2D eigenvalue weighted by molar-refractivity contribution is 6.30. The van der Waals surface area contributed by atoms with Gasteiger partial charge in [0.1, 0.15) is 5.75 Å². The fraction of sp³-hybridized carbons (Fsp3) is 0.105. The van der Waals surface area contributed by atoms with Gasteiger partial charge in [-0.15, -0.1) is 0 Å². The maximum atomic E-state index is 12.3. The molecule has 1 amide bonds. The molecule has 0 radical (unpaired) electrons. The van der Waals surface area contributed by atoms with Crippen molar-refractivity contribution in [2.45, 2.75) is 6.92 Å². The molecule has 132 valence electrons. The Morgan fingerprint density at radius 2 is 1.77 bits per heavy atom. The summed E-state index contributed by atoms with van der Waals surface area (Å²) in [5.41, 5.74) is 2.75. The van der Waals surface area contributed by atoms with Crippen molar-refractivity contribution in [3.8, 4) is 5.75 Å². The normalized spacial score (nSPS) is 10.3. The van der Waals surface area contributed by atoms with E-state index in [1.54, 1.807) is 25.3 Å². The molecule has 0 atom stereocenters. The van der Waals surface area contributed by atoms with Crippen LogP contribution < -0.4 is 15.4 Å². The Balaban J connectivity index is 1.67. The maximum Gasteiger partial charge on any atom is 0.258 e. The number of aromatic nitrogens is 2. The lowest BCUT2D eigenvalue weighted by Gasteiger charge is -2.09. The van der Waals surface area contributed by atoms with E-state index < -0.39 is 0 Å². The van der Waals surface area contributed by atoms with Crippen LogP contribution in [0.5, 0.6) is 5.75 Å². The number of methoxy groups -OCH3 is 1. The maximum absolute atomic E-state index is 12.3. The second-order valence-corrected chi connectivity index (χ2v) is 6.00. The third-order valence-electron chi connectivity index (χ3n) is 3.70. The van der Waals surface area contributed by atoms with Crippen LogP contribution in [0.4, 0.5) is 17.3 Å². The summed E-state index contributed by atoms with van der Waals surface area (Å²) in [5, 5.41) is 6.51. The van der Waals surface area contributed by atoms with Crippen molar-refractivity contribution >= 4 is 34.8 Å². The summed E-state index contributed by atoms with van der Waals surface area (Å²) in [5.74, 6) is 0.877. The van der Waals surface area contributed by atoms with Gasteiger partial charge in [0.15, 0.2) is 0 Å². The van der Waals surface area contributed by atoms with Crippen molar-refractivity contribution in [2.24, 2.45) is 0 Å². The fourth-order valence-corrected chi connectivity index (χ4v) is 2.50. The van der Waals surface area contributed by atoms with Crippen molar-refractivity contribution in [3.63, 3.8) is 0 Å². The number of ether oxygens (including phenoxy) is 1. The lowest BCUT2D eigenvalue weighted by molar-refractivity contribution is 0.102. The van der Waals surface area contributed by atoms with Crippen LogP contribution in [0.3, 0.4) is 0 Å². The van der Waals surface area contributed by atoms with Gasteiger partial charge in [0, 0.05) is 28.8 Å². The average molecular weight is 369 g/mol. The molecule has 0 unspecified atom stereocenters. The summed E-state index contributed by atoms with van der Waals surface area (Å²) in [4.78, 5) is 20.7. The highest BCUT2D eigenvalue weighted by Gasteiger charge is 2.09. The zero-order chi connectivity index (χ0) is 18.5. The van der Waals surface area contributed by atoms with Crippen LogP contribution in [-0.4, -0.2) is 23.0 Å². The van der Waals surface area contributed by atoms with Gasteiger partial charge in [-0.3, -0.25) is 4.79 Å². The summed E-state index contributed by atoms with van der Waals surface area (Å²) < 4.78 is 5.11. The van der Waals surface area contributed by atoms with Crippen molar-refractivity contribution < 1.29 is 9.53 Å². The Bertz CT molecular complexity index is 912. The second kappa shape index (κ2) is 7.84. The first kappa shape index (κ1) is 17.7. The van der Waals surface area contributed by atoms with Crippen molar-refractivity contribution in [1.29, 1.82) is 0 Å². The lowest BCUT2D eigenvalue weighted by atomic mass is 10.2. The number of aryl methyl sites for hydroxylation is 1. The van der Waals surface area contributed by atoms with Gasteiger partial charge in [-0.1, -0.05) is 11.6 Å². The molecule has 3 rings (SSSR count). The molecule has 0 saturated carbocycles. The molecule has 0 bridgehead atoms. The molecule has 1 heterocycles. The molecule has 2 aromatic carbocycles. The predicted octanol–water partition coefficient (Wildman–Crippen LogP) is 4.44. The number of nitrogens with zero attached hydrogens (tertiary/aromatic N) is 2.